The summed E-state index contributed by atoms with van der Waals surface area (Å²) in [5.41, 5.74) is 7.12. The highest BCUT2D eigenvalue weighted by molar-refractivity contribution is 7.89. The minimum absolute atomic E-state index is 0.0123. The number of imidazole rings is 1. The van der Waals surface area contributed by atoms with E-state index in [9.17, 15) is 8.42 Å². The average molecular weight is 302 g/mol. The second-order valence-electron chi connectivity index (χ2n) is 4.54. The zero-order chi connectivity index (χ0) is 14.9. The normalized spacial score (nSPS) is 11.8. The molecule has 0 aliphatic carbocycles. The Morgan fingerprint density at radius 2 is 1.81 bits per heavy atom. The molecular weight excluding hydrogens is 288 g/mol. The van der Waals surface area contributed by atoms with Gasteiger partial charge in [-0.3, -0.25) is 4.40 Å². The zero-order valence-corrected chi connectivity index (χ0v) is 11.9. The number of benzene rings is 1. The van der Waals surface area contributed by atoms with Crippen LogP contribution in [0.4, 0.5) is 5.82 Å². The average Bonchev–Trinajstić information content (AvgIpc) is 2.83. The van der Waals surface area contributed by atoms with Crippen LogP contribution in [0.25, 0.3) is 5.65 Å². The van der Waals surface area contributed by atoms with Gasteiger partial charge in [0.05, 0.1) is 0 Å². The smallest absolute Gasteiger partial charge is 0.260 e. The fourth-order valence-electron chi connectivity index (χ4n) is 2.10. The van der Waals surface area contributed by atoms with E-state index in [1.165, 1.54) is 4.40 Å². The monoisotopic (exact) mass is 302 g/mol. The molecule has 7 heteroatoms. The first-order valence-corrected chi connectivity index (χ1v) is 7.82. The third kappa shape index (κ3) is 2.61. The summed E-state index contributed by atoms with van der Waals surface area (Å²) >= 11 is 0. The van der Waals surface area contributed by atoms with Gasteiger partial charge in [0.1, 0.15) is 5.65 Å². The van der Waals surface area contributed by atoms with Crippen molar-refractivity contribution in [2.45, 2.75) is 11.6 Å². The fraction of sp³-hybridized carbons (Fsp3) is 0.0714. The molecule has 0 unspecified atom stereocenters. The van der Waals surface area contributed by atoms with Crippen molar-refractivity contribution >= 4 is 21.5 Å². The number of hydrogen-bond donors (Lipinski definition) is 2. The van der Waals surface area contributed by atoms with Crippen molar-refractivity contribution in [3.8, 4) is 0 Å². The SMILES string of the molecule is Nc1nc2ccccn2c1S(=O)(=O)NCc1ccccc1. The van der Waals surface area contributed by atoms with Crippen molar-refractivity contribution in [3.63, 3.8) is 0 Å². The molecule has 0 fully saturated rings. The molecule has 0 saturated heterocycles. The number of rotatable bonds is 4. The Balaban J connectivity index is 1.95. The molecule has 2 aromatic heterocycles. The lowest BCUT2D eigenvalue weighted by molar-refractivity contribution is 0.577. The van der Waals surface area contributed by atoms with E-state index in [0.29, 0.717) is 5.65 Å². The molecule has 1 aromatic carbocycles. The van der Waals surface area contributed by atoms with Crippen LogP contribution in [0.5, 0.6) is 0 Å². The first kappa shape index (κ1) is 13.6. The van der Waals surface area contributed by atoms with E-state index in [0.717, 1.165) is 5.56 Å². The molecule has 0 atom stereocenters. The Hall–Kier alpha value is -2.38. The summed E-state index contributed by atoms with van der Waals surface area (Å²) in [6.45, 7) is 0.197. The van der Waals surface area contributed by atoms with Gasteiger partial charge >= 0.3 is 0 Å². The molecular formula is C14H14N4O2S. The molecule has 0 aliphatic rings. The van der Waals surface area contributed by atoms with Crippen LogP contribution in [-0.2, 0) is 16.6 Å². The lowest BCUT2D eigenvalue weighted by atomic mass is 10.2. The van der Waals surface area contributed by atoms with Crippen LogP contribution in [-0.4, -0.2) is 17.8 Å². The van der Waals surface area contributed by atoms with Crippen LogP contribution in [0.15, 0.2) is 59.8 Å². The van der Waals surface area contributed by atoms with Gasteiger partial charge in [-0.05, 0) is 17.7 Å². The summed E-state index contributed by atoms with van der Waals surface area (Å²) in [5.74, 6) is -0.0123. The van der Waals surface area contributed by atoms with Crippen molar-refractivity contribution in [1.82, 2.24) is 14.1 Å². The van der Waals surface area contributed by atoms with E-state index in [1.54, 1.807) is 24.4 Å². The van der Waals surface area contributed by atoms with Crippen molar-refractivity contribution < 1.29 is 8.42 Å². The largest absolute Gasteiger partial charge is 0.381 e. The number of aromatic nitrogens is 2. The van der Waals surface area contributed by atoms with Gasteiger partial charge in [-0.25, -0.2) is 18.1 Å². The summed E-state index contributed by atoms with van der Waals surface area (Å²) in [5, 5.41) is -0.0333. The quantitative estimate of drug-likeness (QED) is 0.762. The Bertz CT molecular complexity index is 872. The fourth-order valence-corrected chi connectivity index (χ4v) is 3.33. The van der Waals surface area contributed by atoms with Gasteiger partial charge in [0.25, 0.3) is 10.0 Å². The second-order valence-corrected chi connectivity index (χ2v) is 6.22. The second kappa shape index (κ2) is 5.19. The van der Waals surface area contributed by atoms with E-state index in [4.69, 9.17) is 5.73 Å². The van der Waals surface area contributed by atoms with Gasteiger partial charge in [0.2, 0.25) is 0 Å². The Morgan fingerprint density at radius 3 is 2.57 bits per heavy atom. The van der Waals surface area contributed by atoms with Crippen molar-refractivity contribution in [2.24, 2.45) is 0 Å². The Kier molecular flexibility index (Phi) is 3.36. The first-order chi connectivity index (χ1) is 10.1. The molecule has 108 valence electrons. The van der Waals surface area contributed by atoms with Crippen LogP contribution in [0, 0.1) is 0 Å². The highest BCUT2D eigenvalue weighted by Crippen LogP contribution is 2.19. The maximum absolute atomic E-state index is 12.4. The third-order valence-corrected chi connectivity index (χ3v) is 4.51. The molecule has 3 rings (SSSR count). The number of nitrogen functional groups attached to an aromatic ring is 1. The molecule has 6 nitrogen and oxygen atoms in total. The van der Waals surface area contributed by atoms with E-state index >= 15 is 0 Å². The number of nitrogens with zero attached hydrogens (tertiary/aromatic N) is 2. The van der Waals surface area contributed by atoms with E-state index in [-0.39, 0.29) is 17.4 Å². The number of pyridine rings is 1. The van der Waals surface area contributed by atoms with Crippen LogP contribution >= 0.6 is 0 Å². The summed E-state index contributed by atoms with van der Waals surface area (Å²) in [7, 11) is -3.75. The van der Waals surface area contributed by atoms with Gasteiger partial charge in [-0.15, -0.1) is 0 Å². The predicted octanol–water partition coefficient (Wildman–Crippen LogP) is 1.39. The van der Waals surface area contributed by atoms with Crippen molar-refractivity contribution in [2.75, 3.05) is 5.73 Å². The van der Waals surface area contributed by atoms with E-state index in [2.05, 4.69) is 9.71 Å². The van der Waals surface area contributed by atoms with Crippen LogP contribution in [0.1, 0.15) is 5.56 Å². The van der Waals surface area contributed by atoms with Crippen LogP contribution in [0.2, 0.25) is 0 Å². The Labute approximate surface area is 122 Å². The molecule has 0 amide bonds. The molecule has 21 heavy (non-hydrogen) atoms. The number of nitrogens with two attached hydrogens (primary N) is 1. The van der Waals surface area contributed by atoms with E-state index < -0.39 is 10.0 Å². The third-order valence-electron chi connectivity index (χ3n) is 3.07. The van der Waals surface area contributed by atoms with Gasteiger partial charge < -0.3 is 5.73 Å². The molecule has 0 bridgehead atoms. The van der Waals surface area contributed by atoms with Gasteiger partial charge in [-0.1, -0.05) is 36.4 Å². The summed E-state index contributed by atoms with van der Waals surface area (Å²) in [6, 6.07) is 14.5. The summed E-state index contributed by atoms with van der Waals surface area (Å²) in [6.07, 6.45) is 1.62. The number of sulfonamides is 1. The van der Waals surface area contributed by atoms with Gasteiger partial charge in [-0.2, -0.15) is 0 Å². The Morgan fingerprint density at radius 1 is 1.10 bits per heavy atom. The lowest BCUT2D eigenvalue weighted by Gasteiger charge is -2.07. The number of nitrogens with one attached hydrogen (secondary N) is 1. The molecule has 0 saturated carbocycles. The standard InChI is InChI=1S/C14H14N4O2S/c15-13-14(18-9-5-4-8-12(18)17-13)21(19,20)16-10-11-6-2-1-3-7-11/h1-9,16H,10,15H2. The minimum atomic E-state index is -3.75. The zero-order valence-electron chi connectivity index (χ0n) is 11.1. The van der Waals surface area contributed by atoms with Crippen LogP contribution < -0.4 is 10.5 Å². The van der Waals surface area contributed by atoms with Crippen molar-refractivity contribution in [3.05, 3.63) is 60.3 Å². The minimum Gasteiger partial charge on any atom is -0.381 e. The maximum Gasteiger partial charge on any atom is 0.260 e. The van der Waals surface area contributed by atoms with Gasteiger partial charge in [0, 0.05) is 12.7 Å². The highest BCUT2D eigenvalue weighted by Gasteiger charge is 2.23. The first-order valence-electron chi connectivity index (χ1n) is 6.34. The number of anilines is 1. The lowest BCUT2D eigenvalue weighted by Crippen LogP contribution is -2.25. The predicted molar refractivity (Wildman–Crippen MR) is 80.1 cm³/mol. The maximum atomic E-state index is 12.4. The van der Waals surface area contributed by atoms with Crippen molar-refractivity contribution in [1.29, 1.82) is 0 Å². The van der Waals surface area contributed by atoms with Crippen LogP contribution in [0.3, 0.4) is 0 Å². The van der Waals surface area contributed by atoms with E-state index in [1.807, 2.05) is 30.3 Å². The molecule has 3 N–H and O–H groups in total. The summed E-state index contributed by atoms with van der Waals surface area (Å²) in [4.78, 5) is 4.06. The number of fused-ring (bicyclic) bond motifs is 1. The molecule has 3 aromatic rings. The molecule has 0 radical (unpaired) electrons. The summed E-state index contributed by atoms with van der Waals surface area (Å²) < 4.78 is 28.9. The molecule has 0 spiro atoms. The number of hydrogen-bond acceptors (Lipinski definition) is 4. The molecule has 2 heterocycles. The highest BCUT2D eigenvalue weighted by atomic mass is 32.2. The van der Waals surface area contributed by atoms with Gasteiger partial charge in [0.15, 0.2) is 10.8 Å². The molecule has 0 aliphatic heterocycles. The topological polar surface area (TPSA) is 89.5 Å².